The summed E-state index contributed by atoms with van der Waals surface area (Å²) in [5.74, 6) is -4.59. The van der Waals surface area contributed by atoms with Crippen molar-refractivity contribution in [1.82, 2.24) is 5.06 Å². The molecule has 5 N–H and O–H groups in total. The molecule has 0 saturated heterocycles. The number of Topliss-reactive ketones (excluding diaryl/α,β-unsaturated/α-hetero) is 1. The van der Waals surface area contributed by atoms with Crippen molar-refractivity contribution in [2.45, 2.75) is 25.4 Å². The molecule has 27 heavy (non-hydrogen) atoms. The first-order valence-electron chi connectivity index (χ1n) is 8.07. The maximum atomic E-state index is 12.2. The number of phenolic OH excluding ortho intramolecular Hbond substituents is 3. The Balaban J connectivity index is 2.50. The number of carbonyl (C=O) groups is 2. The number of aryl methyl sites for hydroxylation is 1. The molecule has 0 bridgehead atoms. The molecule has 0 aliphatic heterocycles. The standard InChI is InChI=1S/C19H21NO7/c1-11-3-5-12(6-4-11)9-19(26,10-15(22)18(25)20(2)27)13-7-8-14(21)17(24)16(13)23/h3-8,21,23-24,26-27H,9-10H2,1-2H3. The van der Waals surface area contributed by atoms with Crippen molar-refractivity contribution in [3.63, 3.8) is 0 Å². The Morgan fingerprint density at radius 3 is 2.15 bits per heavy atom. The molecule has 0 fully saturated rings. The lowest BCUT2D eigenvalue weighted by Crippen LogP contribution is -2.38. The molecule has 0 aromatic heterocycles. The molecule has 2 rings (SSSR count). The summed E-state index contributed by atoms with van der Waals surface area (Å²) in [6.45, 7) is 1.87. The van der Waals surface area contributed by atoms with Gasteiger partial charge in [-0.05, 0) is 24.6 Å². The largest absolute Gasteiger partial charge is 0.504 e. The molecule has 0 aliphatic carbocycles. The minimum atomic E-state index is -2.08. The molecule has 144 valence electrons. The molecule has 0 saturated carbocycles. The topological polar surface area (TPSA) is 139 Å². The number of hydrogen-bond donors (Lipinski definition) is 5. The van der Waals surface area contributed by atoms with Gasteiger partial charge in [0.05, 0.1) is 0 Å². The highest BCUT2D eigenvalue weighted by molar-refractivity contribution is 6.35. The SMILES string of the molecule is Cc1ccc(CC(O)(CC(=O)C(=O)N(C)O)c2ccc(O)c(O)c2O)cc1. The molecular weight excluding hydrogens is 354 g/mol. The maximum Gasteiger partial charge on any atom is 0.313 e. The summed E-state index contributed by atoms with van der Waals surface area (Å²) < 4.78 is 0. The number of phenols is 3. The normalized spacial score (nSPS) is 13.0. The van der Waals surface area contributed by atoms with Crippen LogP contribution in [0, 0.1) is 6.92 Å². The lowest BCUT2D eigenvalue weighted by Gasteiger charge is -2.29. The summed E-state index contributed by atoms with van der Waals surface area (Å²) in [4.78, 5) is 23.9. The number of nitrogens with zero attached hydrogens (tertiary/aromatic N) is 1. The fourth-order valence-electron chi connectivity index (χ4n) is 2.76. The van der Waals surface area contributed by atoms with E-state index in [4.69, 9.17) is 0 Å². The number of aliphatic hydroxyl groups is 1. The summed E-state index contributed by atoms with van der Waals surface area (Å²) in [5.41, 5.74) is -0.735. The van der Waals surface area contributed by atoms with Gasteiger partial charge in [0.2, 0.25) is 11.5 Å². The van der Waals surface area contributed by atoms with Gasteiger partial charge in [0, 0.05) is 25.5 Å². The number of hydrogen-bond acceptors (Lipinski definition) is 7. The molecule has 0 heterocycles. The Labute approximate surface area is 155 Å². The Bertz CT molecular complexity index is 861. The fraction of sp³-hybridized carbons (Fsp3) is 0.263. The Kier molecular flexibility index (Phi) is 5.72. The zero-order chi connectivity index (χ0) is 20.4. The molecular formula is C19H21NO7. The van der Waals surface area contributed by atoms with E-state index < -0.39 is 41.0 Å². The van der Waals surface area contributed by atoms with E-state index in [1.807, 2.05) is 6.92 Å². The predicted molar refractivity (Wildman–Crippen MR) is 94.4 cm³/mol. The summed E-state index contributed by atoms with van der Waals surface area (Å²) >= 11 is 0. The smallest absolute Gasteiger partial charge is 0.313 e. The van der Waals surface area contributed by atoms with Crippen LogP contribution in [0.3, 0.4) is 0 Å². The zero-order valence-electron chi connectivity index (χ0n) is 14.9. The van der Waals surface area contributed by atoms with Crippen LogP contribution >= 0.6 is 0 Å². The molecule has 0 aliphatic rings. The van der Waals surface area contributed by atoms with Crippen molar-refractivity contribution in [1.29, 1.82) is 0 Å². The summed E-state index contributed by atoms with van der Waals surface area (Å²) in [7, 11) is 0.975. The number of ketones is 1. The van der Waals surface area contributed by atoms with Crippen molar-refractivity contribution in [3.05, 3.63) is 53.1 Å². The minimum absolute atomic E-state index is 0.1000. The maximum absolute atomic E-state index is 12.2. The van der Waals surface area contributed by atoms with Gasteiger partial charge in [-0.3, -0.25) is 14.8 Å². The predicted octanol–water partition coefficient (Wildman–Crippen LogP) is 1.35. The molecule has 0 spiro atoms. The highest BCUT2D eigenvalue weighted by Gasteiger charge is 2.38. The average Bonchev–Trinajstić information content (AvgIpc) is 2.60. The van der Waals surface area contributed by atoms with E-state index in [0.29, 0.717) is 5.56 Å². The highest BCUT2D eigenvalue weighted by Crippen LogP contribution is 2.44. The molecule has 8 heteroatoms. The van der Waals surface area contributed by atoms with Crippen LogP contribution in [0.15, 0.2) is 36.4 Å². The average molecular weight is 375 g/mol. The molecule has 0 radical (unpaired) electrons. The Morgan fingerprint density at radius 2 is 1.59 bits per heavy atom. The molecule has 8 nitrogen and oxygen atoms in total. The first-order valence-corrected chi connectivity index (χ1v) is 8.07. The van der Waals surface area contributed by atoms with E-state index in [1.54, 1.807) is 24.3 Å². The van der Waals surface area contributed by atoms with Crippen LogP contribution in [0.1, 0.15) is 23.1 Å². The fourth-order valence-corrected chi connectivity index (χ4v) is 2.76. The van der Waals surface area contributed by atoms with Gasteiger partial charge in [0.25, 0.3) is 0 Å². The Morgan fingerprint density at radius 1 is 1.00 bits per heavy atom. The van der Waals surface area contributed by atoms with Gasteiger partial charge in [0.1, 0.15) is 5.60 Å². The second kappa shape index (κ2) is 7.65. The van der Waals surface area contributed by atoms with E-state index in [9.17, 15) is 35.2 Å². The number of likely N-dealkylation sites (N-methyl/N-ethyl adjacent to an activating group) is 1. The summed E-state index contributed by atoms with van der Waals surface area (Å²) in [5, 5.41) is 49.9. The molecule has 2 aromatic carbocycles. The van der Waals surface area contributed by atoms with E-state index in [0.717, 1.165) is 24.7 Å². The van der Waals surface area contributed by atoms with Crippen LogP contribution < -0.4 is 0 Å². The van der Waals surface area contributed by atoms with Gasteiger partial charge in [-0.1, -0.05) is 29.8 Å². The Hall–Kier alpha value is -3.10. The second-order valence-corrected chi connectivity index (χ2v) is 6.45. The van der Waals surface area contributed by atoms with E-state index in [2.05, 4.69) is 0 Å². The first kappa shape index (κ1) is 20.2. The van der Waals surface area contributed by atoms with Crippen molar-refractivity contribution in [2.24, 2.45) is 0 Å². The van der Waals surface area contributed by atoms with E-state index >= 15 is 0 Å². The quantitative estimate of drug-likeness (QED) is 0.222. The van der Waals surface area contributed by atoms with Gasteiger partial charge < -0.3 is 20.4 Å². The van der Waals surface area contributed by atoms with E-state index in [-0.39, 0.29) is 17.0 Å². The number of benzene rings is 2. The van der Waals surface area contributed by atoms with E-state index in [1.165, 1.54) is 0 Å². The molecule has 1 unspecified atom stereocenters. The van der Waals surface area contributed by atoms with Crippen molar-refractivity contribution in [3.8, 4) is 17.2 Å². The van der Waals surface area contributed by atoms with Crippen LogP contribution in [-0.2, 0) is 21.6 Å². The lowest BCUT2D eigenvalue weighted by molar-refractivity contribution is -0.167. The van der Waals surface area contributed by atoms with Crippen LogP contribution in [-0.4, -0.2) is 49.4 Å². The van der Waals surface area contributed by atoms with Gasteiger partial charge in [0.15, 0.2) is 11.5 Å². The van der Waals surface area contributed by atoms with Gasteiger partial charge >= 0.3 is 5.91 Å². The monoisotopic (exact) mass is 375 g/mol. The van der Waals surface area contributed by atoms with Crippen LogP contribution in [0.5, 0.6) is 17.2 Å². The molecule has 1 atom stereocenters. The van der Waals surface area contributed by atoms with Crippen LogP contribution in [0.25, 0.3) is 0 Å². The second-order valence-electron chi connectivity index (χ2n) is 6.45. The number of hydroxylamine groups is 2. The number of rotatable bonds is 6. The zero-order valence-corrected chi connectivity index (χ0v) is 14.9. The van der Waals surface area contributed by atoms with Crippen LogP contribution in [0.4, 0.5) is 0 Å². The first-order chi connectivity index (χ1) is 12.5. The van der Waals surface area contributed by atoms with Crippen molar-refractivity contribution >= 4 is 11.7 Å². The lowest BCUT2D eigenvalue weighted by atomic mass is 9.82. The third-order valence-corrected chi connectivity index (χ3v) is 4.23. The minimum Gasteiger partial charge on any atom is -0.504 e. The summed E-state index contributed by atoms with van der Waals surface area (Å²) in [6.07, 6.45) is -0.929. The van der Waals surface area contributed by atoms with Crippen molar-refractivity contribution < 1.29 is 35.2 Å². The van der Waals surface area contributed by atoms with Gasteiger partial charge in [-0.25, -0.2) is 5.06 Å². The van der Waals surface area contributed by atoms with Crippen LogP contribution in [0.2, 0.25) is 0 Å². The summed E-state index contributed by atoms with van der Waals surface area (Å²) in [6, 6.07) is 9.20. The van der Waals surface area contributed by atoms with Crippen molar-refractivity contribution in [2.75, 3.05) is 7.05 Å². The third-order valence-electron chi connectivity index (χ3n) is 4.23. The van der Waals surface area contributed by atoms with Gasteiger partial charge in [-0.2, -0.15) is 0 Å². The number of amides is 1. The number of aromatic hydroxyl groups is 3. The third kappa shape index (κ3) is 4.36. The number of carbonyl (C=O) groups excluding carboxylic acids is 2. The van der Waals surface area contributed by atoms with Gasteiger partial charge in [-0.15, -0.1) is 0 Å². The molecule has 1 amide bonds. The molecule has 2 aromatic rings. The highest BCUT2D eigenvalue weighted by atomic mass is 16.5.